The fourth-order valence-electron chi connectivity index (χ4n) is 2.45. The van der Waals surface area contributed by atoms with E-state index in [-0.39, 0.29) is 17.9 Å². The van der Waals surface area contributed by atoms with Crippen molar-refractivity contribution in [3.8, 4) is 0 Å². The number of hydrogen-bond acceptors (Lipinski definition) is 5. The molecule has 0 unspecified atom stereocenters. The number of fused-ring (bicyclic) bond motifs is 1. The molecular formula is C15H15F2N3O3S2. The fourth-order valence-corrected chi connectivity index (χ4v) is 4.61. The van der Waals surface area contributed by atoms with Crippen LogP contribution in [0.25, 0.3) is 0 Å². The van der Waals surface area contributed by atoms with Crippen LogP contribution in [-0.4, -0.2) is 35.9 Å². The molecule has 0 aliphatic carbocycles. The Labute approximate surface area is 147 Å². The maximum atomic E-state index is 13.2. The third-order valence-corrected chi connectivity index (χ3v) is 6.68. The summed E-state index contributed by atoms with van der Waals surface area (Å²) in [7, 11) is -3.28. The quantitative estimate of drug-likeness (QED) is 0.874. The summed E-state index contributed by atoms with van der Waals surface area (Å²) in [4.78, 5) is 17.2. The molecule has 2 heterocycles. The monoisotopic (exact) mass is 387 g/mol. The lowest BCUT2D eigenvalue weighted by molar-refractivity contribution is 0.102. The van der Waals surface area contributed by atoms with E-state index < -0.39 is 27.6 Å². The summed E-state index contributed by atoms with van der Waals surface area (Å²) in [6.07, 6.45) is 0.464. The van der Waals surface area contributed by atoms with Gasteiger partial charge >= 0.3 is 0 Å². The molecule has 3 rings (SSSR count). The van der Waals surface area contributed by atoms with Crippen LogP contribution in [0.1, 0.15) is 27.9 Å². The Morgan fingerprint density at radius 2 is 2.12 bits per heavy atom. The molecule has 0 spiro atoms. The molecule has 1 aliphatic rings. The first-order chi connectivity index (χ1) is 11.8. The second kappa shape index (κ2) is 6.77. The van der Waals surface area contributed by atoms with Crippen LogP contribution in [0.5, 0.6) is 0 Å². The predicted molar refractivity (Wildman–Crippen MR) is 90.0 cm³/mol. The molecule has 1 aliphatic heterocycles. The van der Waals surface area contributed by atoms with E-state index in [9.17, 15) is 22.0 Å². The zero-order valence-electron chi connectivity index (χ0n) is 13.3. The molecule has 0 bridgehead atoms. The van der Waals surface area contributed by atoms with E-state index in [0.29, 0.717) is 18.1 Å². The number of amides is 1. The molecule has 0 saturated heterocycles. The zero-order valence-corrected chi connectivity index (χ0v) is 14.9. The van der Waals surface area contributed by atoms with Crippen LogP contribution in [0.2, 0.25) is 0 Å². The van der Waals surface area contributed by atoms with Crippen LogP contribution in [0, 0.1) is 11.6 Å². The summed E-state index contributed by atoms with van der Waals surface area (Å²) in [6.45, 7) is 2.17. The van der Waals surface area contributed by atoms with E-state index in [4.69, 9.17) is 0 Å². The normalized spacial score (nSPS) is 15.0. The Hall–Kier alpha value is -1.91. The van der Waals surface area contributed by atoms with Gasteiger partial charge in [0.05, 0.1) is 11.4 Å². The minimum Gasteiger partial charge on any atom is -0.298 e. The summed E-state index contributed by atoms with van der Waals surface area (Å²) < 4.78 is 51.5. The lowest BCUT2D eigenvalue weighted by Gasteiger charge is -2.24. The van der Waals surface area contributed by atoms with Crippen molar-refractivity contribution in [1.29, 1.82) is 0 Å². The molecular weight excluding hydrogens is 372 g/mol. The highest BCUT2D eigenvalue weighted by atomic mass is 32.2. The topological polar surface area (TPSA) is 79.4 Å². The number of carbonyl (C=O) groups is 1. The van der Waals surface area contributed by atoms with Crippen molar-refractivity contribution in [3.05, 3.63) is 46.0 Å². The largest absolute Gasteiger partial charge is 0.298 e. The molecule has 1 N–H and O–H groups in total. The molecule has 0 fully saturated rings. The molecule has 25 heavy (non-hydrogen) atoms. The summed E-state index contributed by atoms with van der Waals surface area (Å²) in [6, 6.07) is 2.87. The summed E-state index contributed by atoms with van der Waals surface area (Å²) in [5, 5.41) is 2.84. The van der Waals surface area contributed by atoms with E-state index >= 15 is 0 Å². The number of thiazole rings is 1. The lowest BCUT2D eigenvalue weighted by atomic mass is 10.2. The van der Waals surface area contributed by atoms with Crippen LogP contribution in [0.4, 0.5) is 13.9 Å². The summed E-state index contributed by atoms with van der Waals surface area (Å²) >= 11 is 1.18. The first kappa shape index (κ1) is 17.9. The van der Waals surface area contributed by atoms with E-state index in [1.165, 1.54) is 21.7 Å². The number of nitrogens with one attached hydrogen (secondary N) is 1. The summed E-state index contributed by atoms with van der Waals surface area (Å²) in [5.74, 6) is -2.71. The van der Waals surface area contributed by atoms with Crippen molar-refractivity contribution in [2.24, 2.45) is 0 Å². The molecule has 0 saturated carbocycles. The number of aromatic nitrogens is 1. The number of hydrogen-bond donors (Lipinski definition) is 1. The van der Waals surface area contributed by atoms with Gasteiger partial charge in [-0.3, -0.25) is 10.1 Å². The van der Waals surface area contributed by atoms with Crippen LogP contribution in [-0.2, 0) is 23.0 Å². The van der Waals surface area contributed by atoms with Gasteiger partial charge in [-0.15, -0.1) is 11.3 Å². The van der Waals surface area contributed by atoms with Gasteiger partial charge in [-0.1, -0.05) is 0 Å². The number of rotatable bonds is 4. The van der Waals surface area contributed by atoms with Gasteiger partial charge in [-0.25, -0.2) is 22.2 Å². The molecule has 1 amide bonds. The van der Waals surface area contributed by atoms with Crippen molar-refractivity contribution >= 4 is 32.4 Å². The minimum absolute atomic E-state index is 0.0257. The number of sulfonamides is 1. The van der Waals surface area contributed by atoms with E-state index in [2.05, 4.69) is 10.3 Å². The number of benzene rings is 1. The van der Waals surface area contributed by atoms with Crippen molar-refractivity contribution in [3.63, 3.8) is 0 Å². The Bertz CT molecular complexity index is 928. The Morgan fingerprint density at radius 3 is 2.80 bits per heavy atom. The third kappa shape index (κ3) is 3.70. The standard InChI is InChI=1S/C15H15F2N3O3S2/c1-2-25(22,23)20-6-5-12-13(8-20)24-15(18-12)19-14(21)9-3-4-10(16)11(17)7-9/h3-4,7H,2,5-6,8H2,1H3,(H,18,19,21). The molecule has 0 atom stereocenters. The van der Waals surface area contributed by atoms with Crippen molar-refractivity contribution in [2.45, 2.75) is 19.9 Å². The molecule has 1 aromatic carbocycles. The van der Waals surface area contributed by atoms with Crippen LogP contribution in [0.3, 0.4) is 0 Å². The lowest BCUT2D eigenvalue weighted by Crippen LogP contribution is -2.36. The SMILES string of the molecule is CCS(=O)(=O)N1CCc2nc(NC(=O)c3ccc(F)c(F)c3)sc2C1. The first-order valence-electron chi connectivity index (χ1n) is 7.53. The maximum absolute atomic E-state index is 13.2. The van der Waals surface area contributed by atoms with Gasteiger partial charge in [-0.05, 0) is 25.1 Å². The Kier molecular flexibility index (Phi) is 4.85. The number of anilines is 1. The third-order valence-electron chi connectivity index (χ3n) is 3.86. The highest BCUT2D eigenvalue weighted by Crippen LogP contribution is 2.29. The zero-order chi connectivity index (χ0) is 18.2. The van der Waals surface area contributed by atoms with Crippen molar-refractivity contribution < 1.29 is 22.0 Å². The van der Waals surface area contributed by atoms with Gasteiger partial charge in [-0.2, -0.15) is 4.31 Å². The molecule has 6 nitrogen and oxygen atoms in total. The first-order valence-corrected chi connectivity index (χ1v) is 9.95. The van der Waals surface area contributed by atoms with Crippen molar-refractivity contribution in [2.75, 3.05) is 17.6 Å². The average molecular weight is 387 g/mol. The maximum Gasteiger partial charge on any atom is 0.257 e. The van der Waals surface area contributed by atoms with Gasteiger partial charge < -0.3 is 0 Å². The second-order valence-electron chi connectivity index (χ2n) is 5.46. The van der Waals surface area contributed by atoms with Crippen molar-refractivity contribution in [1.82, 2.24) is 9.29 Å². The molecule has 1 aromatic heterocycles. The Balaban J connectivity index is 1.76. The minimum atomic E-state index is -3.28. The number of halogens is 2. The van der Waals surface area contributed by atoms with Gasteiger partial charge in [0, 0.05) is 30.0 Å². The average Bonchev–Trinajstić information content (AvgIpc) is 2.98. The van der Waals surface area contributed by atoms with Gasteiger partial charge in [0.1, 0.15) is 0 Å². The van der Waals surface area contributed by atoms with Crippen LogP contribution < -0.4 is 5.32 Å². The molecule has 2 aromatic rings. The highest BCUT2D eigenvalue weighted by Gasteiger charge is 2.28. The number of nitrogens with zero attached hydrogens (tertiary/aromatic N) is 2. The number of carbonyl (C=O) groups excluding carboxylic acids is 1. The molecule has 10 heteroatoms. The van der Waals surface area contributed by atoms with E-state index in [0.717, 1.165) is 22.7 Å². The predicted octanol–water partition coefficient (Wildman–Crippen LogP) is 2.38. The highest BCUT2D eigenvalue weighted by molar-refractivity contribution is 7.89. The smallest absolute Gasteiger partial charge is 0.257 e. The van der Waals surface area contributed by atoms with Gasteiger partial charge in [0.15, 0.2) is 16.8 Å². The summed E-state index contributed by atoms with van der Waals surface area (Å²) in [5.41, 5.74) is 0.718. The van der Waals surface area contributed by atoms with E-state index in [1.54, 1.807) is 6.92 Å². The Morgan fingerprint density at radius 1 is 1.36 bits per heavy atom. The van der Waals surface area contributed by atoms with Gasteiger partial charge in [0.2, 0.25) is 10.0 Å². The molecule has 134 valence electrons. The van der Waals surface area contributed by atoms with Crippen LogP contribution >= 0.6 is 11.3 Å². The van der Waals surface area contributed by atoms with E-state index in [1.807, 2.05) is 0 Å². The van der Waals surface area contributed by atoms with Crippen LogP contribution in [0.15, 0.2) is 18.2 Å². The molecule has 0 radical (unpaired) electrons. The fraction of sp³-hybridized carbons (Fsp3) is 0.333. The second-order valence-corrected chi connectivity index (χ2v) is 8.80. The van der Waals surface area contributed by atoms with Gasteiger partial charge in [0.25, 0.3) is 5.91 Å².